The summed E-state index contributed by atoms with van der Waals surface area (Å²) in [5.74, 6) is 0. The van der Waals surface area contributed by atoms with Crippen molar-refractivity contribution in [2.24, 2.45) is 0 Å². The van der Waals surface area contributed by atoms with Crippen molar-refractivity contribution >= 4 is 17.8 Å². The van der Waals surface area contributed by atoms with Crippen LogP contribution in [0.5, 0.6) is 0 Å². The molecule has 0 spiro atoms. The van der Waals surface area contributed by atoms with E-state index in [2.05, 4.69) is 23.3 Å². The normalized spacial score (nSPS) is 16.5. The van der Waals surface area contributed by atoms with Gasteiger partial charge in [0.15, 0.2) is 0 Å². The van der Waals surface area contributed by atoms with E-state index >= 15 is 0 Å². The van der Waals surface area contributed by atoms with E-state index < -0.39 is 0 Å². The van der Waals surface area contributed by atoms with Gasteiger partial charge >= 0.3 is 0 Å². The molecule has 7 nitrogen and oxygen atoms in total. The molecule has 0 bridgehead atoms. The Morgan fingerprint density at radius 3 is 2.56 bits per heavy atom. The molecule has 1 N–H and O–H groups in total. The van der Waals surface area contributed by atoms with Crippen molar-refractivity contribution in [3.05, 3.63) is 94.0 Å². The molecule has 7 heteroatoms. The maximum absolute atomic E-state index is 11.6. The molecular weight excluding hydrogens is 404 g/mol. The number of nitro benzene ring substituents is 1. The third-order valence-corrected chi connectivity index (χ3v) is 5.88. The molecule has 0 aliphatic carbocycles. The number of rotatable bonds is 7. The molecule has 3 aromatic carbocycles. The predicted octanol–water partition coefficient (Wildman–Crippen LogP) is 4.32. The predicted molar refractivity (Wildman–Crippen MR) is 125 cm³/mol. The Hall–Kier alpha value is -3.71. The molecule has 0 aromatic heterocycles. The first-order valence-electron chi connectivity index (χ1n) is 10.6. The minimum absolute atomic E-state index is 0.0140. The number of hydrogen-bond donors (Lipinski definition) is 1. The van der Waals surface area contributed by atoms with E-state index in [1.807, 2.05) is 59.5 Å². The summed E-state index contributed by atoms with van der Waals surface area (Å²) in [6.07, 6.45) is 0.918. The van der Waals surface area contributed by atoms with Crippen molar-refractivity contribution in [3.63, 3.8) is 0 Å². The zero-order valence-electron chi connectivity index (χ0n) is 18.0. The van der Waals surface area contributed by atoms with E-state index in [0.29, 0.717) is 18.8 Å². The van der Waals surface area contributed by atoms with Crippen molar-refractivity contribution in [2.75, 3.05) is 32.0 Å². The maximum atomic E-state index is 11.6. The third kappa shape index (κ3) is 4.78. The highest BCUT2D eigenvalue weighted by Gasteiger charge is 2.25. The van der Waals surface area contributed by atoms with Gasteiger partial charge in [-0.25, -0.2) is 0 Å². The molecule has 32 heavy (non-hydrogen) atoms. The Morgan fingerprint density at radius 1 is 1.03 bits per heavy atom. The van der Waals surface area contributed by atoms with Crippen LogP contribution in [0.4, 0.5) is 11.4 Å². The number of hydrogen-bond acceptors (Lipinski definition) is 5. The number of likely N-dealkylation sites (N-methyl/N-ethyl adjacent to an activating group) is 1. The number of nitrogens with zero attached hydrogens (tertiary/aromatic N) is 3. The van der Waals surface area contributed by atoms with Gasteiger partial charge in [0.1, 0.15) is 5.69 Å². The summed E-state index contributed by atoms with van der Waals surface area (Å²) in [6.45, 7) is 2.81. The summed E-state index contributed by atoms with van der Waals surface area (Å²) in [5, 5.41) is 14.8. The Morgan fingerprint density at radius 2 is 1.81 bits per heavy atom. The van der Waals surface area contributed by atoms with Gasteiger partial charge in [-0.3, -0.25) is 14.9 Å². The van der Waals surface area contributed by atoms with E-state index in [1.54, 1.807) is 12.1 Å². The number of amides is 1. The van der Waals surface area contributed by atoms with Gasteiger partial charge in [-0.1, -0.05) is 48.5 Å². The Bertz CT molecular complexity index is 1100. The Labute approximate surface area is 187 Å². The van der Waals surface area contributed by atoms with E-state index in [4.69, 9.17) is 0 Å². The fraction of sp³-hybridized carbons (Fsp3) is 0.240. The van der Waals surface area contributed by atoms with Crippen LogP contribution in [0.3, 0.4) is 0 Å². The van der Waals surface area contributed by atoms with Gasteiger partial charge in [0.25, 0.3) is 5.69 Å². The zero-order valence-corrected chi connectivity index (χ0v) is 18.0. The van der Waals surface area contributed by atoms with E-state index in [9.17, 15) is 14.9 Å². The van der Waals surface area contributed by atoms with Gasteiger partial charge in [-0.2, -0.15) is 0 Å². The number of carbonyl (C=O) groups is 1. The zero-order chi connectivity index (χ0) is 22.5. The lowest BCUT2D eigenvalue weighted by Gasteiger charge is -2.38. The fourth-order valence-electron chi connectivity index (χ4n) is 4.09. The highest BCUT2D eigenvalue weighted by Crippen LogP contribution is 2.33. The number of anilines is 1. The van der Waals surface area contributed by atoms with Gasteiger partial charge in [0.2, 0.25) is 6.41 Å². The molecule has 0 saturated carbocycles. The highest BCUT2D eigenvalue weighted by molar-refractivity contribution is 5.74. The van der Waals surface area contributed by atoms with Crippen molar-refractivity contribution in [1.29, 1.82) is 0 Å². The lowest BCUT2D eigenvalue weighted by Crippen LogP contribution is -2.46. The van der Waals surface area contributed by atoms with Crippen LogP contribution in [-0.4, -0.2) is 47.8 Å². The molecule has 1 heterocycles. The number of nitro groups is 1. The van der Waals surface area contributed by atoms with E-state index in [-0.39, 0.29) is 16.7 Å². The van der Waals surface area contributed by atoms with Crippen LogP contribution < -0.4 is 5.32 Å². The van der Waals surface area contributed by atoms with Crippen LogP contribution in [0, 0.1) is 10.1 Å². The van der Waals surface area contributed by atoms with Crippen LogP contribution in [-0.2, 0) is 11.3 Å². The lowest BCUT2D eigenvalue weighted by molar-refractivity contribution is -0.384. The van der Waals surface area contributed by atoms with Gasteiger partial charge in [0, 0.05) is 32.2 Å². The molecule has 1 saturated heterocycles. The molecule has 1 unspecified atom stereocenters. The molecular formula is C25H26N4O3. The molecule has 3 aromatic rings. The van der Waals surface area contributed by atoms with Crippen LogP contribution in [0.2, 0.25) is 0 Å². The molecule has 1 atom stereocenters. The van der Waals surface area contributed by atoms with E-state index in [1.165, 1.54) is 0 Å². The number of piperazine rings is 1. The van der Waals surface area contributed by atoms with Gasteiger partial charge in [0.05, 0.1) is 11.0 Å². The molecule has 0 radical (unpaired) electrons. The molecule has 1 aliphatic heterocycles. The SMILES string of the molecule is CN1CCN(C=O)C(c2cccc(-c3ccc([N+](=O)[O-])c(NCc4ccccc4)c3)c2)C1. The molecule has 4 rings (SSSR count). The first-order chi connectivity index (χ1) is 15.5. The van der Waals surface area contributed by atoms with Crippen molar-refractivity contribution in [3.8, 4) is 11.1 Å². The average Bonchev–Trinajstić information content (AvgIpc) is 2.83. The Balaban J connectivity index is 1.64. The smallest absolute Gasteiger partial charge is 0.292 e. The molecule has 1 amide bonds. The minimum atomic E-state index is -0.368. The van der Waals surface area contributed by atoms with Gasteiger partial charge in [-0.15, -0.1) is 0 Å². The summed E-state index contributed by atoms with van der Waals surface area (Å²) in [7, 11) is 2.06. The second kappa shape index (κ2) is 9.62. The van der Waals surface area contributed by atoms with Crippen LogP contribution in [0.1, 0.15) is 17.2 Å². The topological polar surface area (TPSA) is 78.7 Å². The lowest BCUT2D eigenvalue weighted by atomic mass is 9.97. The number of nitrogens with one attached hydrogen (secondary N) is 1. The van der Waals surface area contributed by atoms with Crippen LogP contribution >= 0.6 is 0 Å². The first kappa shape index (κ1) is 21.5. The summed E-state index contributed by atoms with van der Waals surface area (Å²) >= 11 is 0. The summed E-state index contributed by atoms with van der Waals surface area (Å²) in [5.41, 5.74) is 4.47. The van der Waals surface area contributed by atoms with Gasteiger partial charge in [-0.05, 0) is 47.5 Å². The van der Waals surface area contributed by atoms with Crippen LogP contribution in [0.15, 0.2) is 72.8 Å². The second-order valence-electron chi connectivity index (χ2n) is 8.07. The standard InChI is InChI=1S/C25H26N4O3/c1-27-12-13-28(18-30)25(17-27)22-9-5-8-20(14-22)21-10-11-24(29(31)32)23(15-21)26-16-19-6-3-2-4-7-19/h2-11,14-15,18,25-26H,12-13,16-17H2,1H3. The summed E-state index contributed by atoms with van der Waals surface area (Å²) in [4.78, 5) is 26.8. The maximum Gasteiger partial charge on any atom is 0.292 e. The van der Waals surface area contributed by atoms with Crippen molar-refractivity contribution in [1.82, 2.24) is 9.80 Å². The molecule has 164 valence electrons. The van der Waals surface area contributed by atoms with Crippen molar-refractivity contribution < 1.29 is 9.72 Å². The minimum Gasteiger partial charge on any atom is -0.375 e. The van der Waals surface area contributed by atoms with E-state index in [0.717, 1.165) is 41.8 Å². The number of benzene rings is 3. The second-order valence-corrected chi connectivity index (χ2v) is 8.07. The molecule has 1 fully saturated rings. The largest absolute Gasteiger partial charge is 0.375 e. The van der Waals surface area contributed by atoms with Gasteiger partial charge < -0.3 is 15.1 Å². The molecule has 1 aliphatic rings. The third-order valence-electron chi connectivity index (χ3n) is 5.88. The number of carbonyl (C=O) groups excluding carboxylic acids is 1. The monoisotopic (exact) mass is 430 g/mol. The fourth-order valence-corrected chi connectivity index (χ4v) is 4.09. The summed E-state index contributed by atoms with van der Waals surface area (Å²) in [6, 6.07) is 23.0. The average molecular weight is 431 g/mol. The highest BCUT2D eigenvalue weighted by atomic mass is 16.6. The van der Waals surface area contributed by atoms with Crippen LogP contribution in [0.25, 0.3) is 11.1 Å². The quantitative estimate of drug-likeness (QED) is 0.343. The Kier molecular flexibility index (Phi) is 6.47. The summed E-state index contributed by atoms with van der Waals surface area (Å²) < 4.78 is 0. The first-order valence-corrected chi connectivity index (χ1v) is 10.6. The van der Waals surface area contributed by atoms with Crippen molar-refractivity contribution in [2.45, 2.75) is 12.6 Å².